The molecule has 0 spiro atoms. The number of carbonyl (C=O) groups is 7. The second-order valence-electron chi connectivity index (χ2n) is 27.2. The third kappa shape index (κ3) is 30.0. The van der Waals surface area contributed by atoms with Crippen molar-refractivity contribution in [1.29, 1.82) is 0 Å². The molecule has 4 amide bonds. The Bertz CT molecular complexity index is 4020. The molecule has 0 saturated carbocycles. The van der Waals surface area contributed by atoms with E-state index < -0.39 is 53.0 Å². The number of benzene rings is 4. The van der Waals surface area contributed by atoms with Gasteiger partial charge in [-0.25, -0.2) is 9.59 Å². The minimum Gasteiger partial charge on any atom is -0.481 e. The summed E-state index contributed by atoms with van der Waals surface area (Å²) >= 11 is 0. The molecule has 3 atom stereocenters. The van der Waals surface area contributed by atoms with Gasteiger partial charge in [-0.05, 0) is 156 Å². The molecule has 10 N–H and O–H groups in total. The summed E-state index contributed by atoms with van der Waals surface area (Å²) in [6.07, 6.45) is 20.2. The number of hydrogen-bond acceptors (Lipinski definition) is 17. The van der Waals surface area contributed by atoms with Crippen LogP contribution in [0.25, 0.3) is 0 Å². The molecule has 0 fully saturated rings. The highest BCUT2D eigenvalue weighted by Crippen LogP contribution is 2.48. The van der Waals surface area contributed by atoms with Crippen molar-refractivity contribution in [3.8, 4) is 5.75 Å². The van der Waals surface area contributed by atoms with Crippen LogP contribution in [0, 0.1) is 5.92 Å². The number of carboxylic acids is 2. The van der Waals surface area contributed by atoms with Crippen molar-refractivity contribution < 1.29 is 84.9 Å². The number of aliphatic carboxylic acids is 2. The summed E-state index contributed by atoms with van der Waals surface area (Å²) in [5, 5.41) is 28.9. The van der Waals surface area contributed by atoms with Gasteiger partial charge < -0.3 is 52.6 Å². The molecule has 3 aliphatic rings. The molecule has 27 heteroatoms. The SMILES string of the molecule is CCCCC[N+]1=C(/C=C/C2=C(Oc3ccc(CCNC(=O)[C@H](CCCN=C(N)N)CC(=O)[C@H](Cc4ccccc4)NC(=O)CCCCC(=O)CCCNC(=O)N[C@H](CCC(=O)O)C(=O)O)cc3)C(=C/C=C3/N(CCCC)c4ccccc4C3(C)C)/CCC2)C(C)(C)c2ccccc21.O=C=O.O=C=O.O=S(=O)=O. The van der Waals surface area contributed by atoms with Crippen molar-refractivity contribution in [2.75, 3.05) is 37.6 Å². The van der Waals surface area contributed by atoms with Crippen molar-refractivity contribution >= 4 is 87.3 Å². The normalized spacial score (nSPS) is 15.2. The number of carboxylic acid groups (broad SMARTS) is 2. The summed E-state index contributed by atoms with van der Waals surface area (Å²) in [4.78, 5) is 128. The zero-order valence-corrected chi connectivity index (χ0v) is 63.0. The zero-order chi connectivity index (χ0) is 78.9. The number of para-hydroxylation sites is 2. The number of fused-ring (bicyclic) bond motifs is 2. The van der Waals surface area contributed by atoms with Crippen LogP contribution in [0.5, 0.6) is 5.75 Å². The number of hydrogen-bond donors (Lipinski definition) is 8. The lowest BCUT2D eigenvalue weighted by atomic mass is 9.81. The third-order valence-electron chi connectivity index (χ3n) is 18.6. The molecule has 7 rings (SSSR count). The minimum atomic E-state index is -3.11. The number of anilines is 1. The smallest absolute Gasteiger partial charge is 0.425 e. The number of rotatable bonds is 40. The van der Waals surface area contributed by atoms with Crippen LogP contribution in [0.4, 0.5) is 16.2 Å². The van der Waals surface area contributed by atoms with Crippen molar-refractivity contribution in [3.63, 3.8) is 0 Å². The molecular formula is C80H104N9O17S+. The van der Waals surface area contributed by atoms with Crippen LogP contribution in [0.15, 0.2) is 155 Å². The third-order valence-corrected chi connectivity index (χ3v) is 18.6. The fraction of sp³-hybridized carbons (Fsp3) is 0.463. The fourth-order valence-corrected chi connectivity index (χ4v) is 13.2. The van der Waals surface area contributed by atoms with E-state index in [-0.39, 0.29) is 104 Å². The lowest BCUT2D eigenvalue weighted by molar-refractivity contribution is -0.438. The van der Waals surface area contributed by atoms with Gasteiger partial charge in [0.25, 0.3) is 0 Å². The quantitative estimate of drug-likeness (QED) is 0.00888. The molecule has 1 aliphatic carbocycles. The molecule has 0 unspecified atom stereocenters. The Labute approximate surface area is 627 Å². The average molecular weight is 1500 g/mol. The van der Waals surface area contributed by atoms with E-state index in [1.54, 1.807) is 0 Å². The number of nitrogens with zero attached hydrogens (tertiary/aromatic N) is 3. The predicted octanol–water partition coefficient (Wildman–Crippen LogP) is 10.1. The van der Waals surface area contributed by atoms with E-state index in [0.717, 1.165) is 86.1 Å². The first-order chi connectivity index (χ1) is 51.2. The Hall–Kier alpha value is -10.8. The minimum absolute atomic E-state index is 0.0573. The van der Waals surface area contributed by atoms with Gasteiger partial charge in [0, 0.05) is 105 Å². The monoisotopic (exact) mass is 1490 g/mol. The number of ether oxygens (including phenoxy) is 1. The van der Waals surface area contributed by atoms with Crippen LogP contribution in [0.2, 0.25) is 0 Å². The van der Waals surface area contributed by atoms with E-state index in [4.69, 9.17) is 53.1 Å². The second-order valence-corrected chi connectivity index (χ2v) is 27.6. The Morgan fingerprint density at radius 2 is 1.31 bits per heavy atom. The van der Waals surface area contributed by atoms with Gasteiger partial charge >= 0.3 is 40.9 Å². The molecule has 576 valence electrons. The zero-order valence-electron chi connectivity index (χ0n) is 62.2. The van der Waals surface area contributed by atoms with Crippen molar-refractivity contribution in [1.82, 2.24) is 21.3 Å². The number of nitrogens with one attached hydrogen (secondary N) is 4. The van der Waals surface area contributed by atoms with E-state index in [1.807, 2.05) is 54.6 Å². The number of Topliss-reactive ketones (excluding diaryl/α,β-unsaturated/α-hetero) is 2. The summed E-state index contributed by atoms with van der Waals surface area (Å²) in [7, 11) is -3.11. The molecule has 107 heavy (non-hydrogen) atoms. The van der Waals surface area contributed by atoms with Crippen LogP contribution in [0.1, 0.15) is 186 Å². The predicted molar refractivity (Wildman–Crippen MR) is 403 cm³/mol. The number of amides is 4. The number of nitrogens with two attached hydrogens (primary N) is 2. The highest BCUT2D eigenvalue weighted by atomic mass is 32.2. The number of guanidine groups is 1. The van der Waals surface area contributed by atoms with Gasteiger partial charge in [-0.2, -0.15) is 23.8 Å². The van der Waals surface area contributed by atoms with Gasteiger partial charge in [0.1, 0.15) is 29.9 Å². The Balaban J connectivity index is 0.00000228. The number of unbranched alkanes of at least 4 members (excludes halogenated alkanes) is 4. The average Bonchev–Trinajstić information content (AvgIpc) is 1.60. The molecule has 2 aliphatic heterocycles. The van der Waals surface area contributed by atoms with Crippen LogP contribution in [-0.4, -0.2) is 138 Å². The summed E-state index contributed by atoms with van der Waals surface area (Å²) < 4.78 is 35.0. The molecular weight excluding hydrogens is 1390 g/mol. The van der Waals surface area contributed by atoms with Gasteiger partial charge in [-0.3, -0.25) is 29.0 Å². The van der Waals surface area contributed by atoms with E-state index >= 15 is 0 Å². The van der Waals surface area contributed by atoms with E-state index in [2.05, 4.69) is 150 Å². The molecule has 0 bridgehead atoms. The topological polar surface area (TPSA) is 407 Å². The summed E-state index contributed by atoms with van der Waals surface area (Å²) in [6.45, 7) is 16.4. The molecule has 26 nitrogen and oxygen atoms in total. The number of ketones is 2. The summed E-state index contributed by atoms with van der Waals surface area (Å²) in [5.74, 6) is -2.83. The lowest BCUT2D eigenvalue weighted by Gasteiger charge is -2.27. The first kappa shape index (κ1) is 88.6. The lowest BCUT2D eigenvalue weighted by Crippen LogP contribution is -2.46. The first-order valence-corrected chi connectivity index (χ1v) is 37.3. The maximum absolute atomic E-state index is 14.4. The number of carbonyl (C=O) groups excluding carboxylic acids is 9. The number of aliphatic imine (C=N–C) groups is 1. The molecule has 4 aromatic carbocycles. The van der Waals surface area contributed by atoms with Crippen molar-refractivity contribution in [2.45, 2.75) is 199 Å². The maximum Gasteiger partial charge on any atom is 0.425 e. The molecule has 0 saturated heterocycles. The standard InChI is InChI=1S/C78H103N9O10.2CO2.O3S/c1-7-9-20-51-87-66-34-18-16-32-62(66)78(5,6)69(87)44-39-57-27-21-26-56(38-43-68-77(3,4)61-31-15-17-33-65(61)86(68)50-10-8-2)72(57)97-60-40-36-54(37-41-60)46-49-81-73(93)58(28-22-47-82-75(79)80)53-67(89)64(52-55-24-12-11-13-25-55)84-70(90)35-19-14-29-59(88)30-23-48-83-76(96)85-63(74(94)95)42-45-71(91)92;2*2-1-3;1-4(2)3/h11-13,15-18,24-25,31-34,36-41,43-44,58,63-64H,7-10,14,19-23,26-30,35,42,45-53H2,1-6H3,(H9-,79,80,81,82,83,84,85,90,91,92,93,94,95,96);;;/p+1/t58-,63-,64+;;;/m1.../s1. The van der Waals surface area contributed by atoms with Gasteiger partial charge in [-0.1, -0.05) is 125 Å². The molecule has 4 aromatic rings. The first-order valence-electron chi connectivity index (χ1n) is 36.3. The molecule has 0 aromatic heterocycles. The molecule has 0 radical (unpaired) electrons. The van der Waals surface area contributed by atoms with Gasteiger partial charge in [-0.15, -0.1) is 12.6 Å². The Kier molecular flexibility index (Phi) is 38.9. The largest absolute Gasteiger partial charge is 0.481 e. The van der Waals surface area contributed by atoms with Crippen LogP contribution < -0.4 is 42.4 Å². The van der Waals surface area contributed by atoms with E-state index in [1.165, 1.54) is 40.3 Å². The van der Waals surface area contributed by atoms with Crippen molar-refractivity contribution in [2.24, 2.45) is 22.4 Å². The number of urea groups is 1. The number of allylic oxidation sites excluding steroid dienone is 7. The Morgan fingerprint density at radius 1 is 0.673 bits per heavy atom. The van der Waals surface area contributed by atoms with Crippen LogP contribution >= 0.6 is 0 Å². The van der Waals surface area contributed by atoms with Gasteiger partial charge in [0.15, 0.2) is 17.5 Å². The van der Waals surface area contributed by atoms with E-state index in [9.17, 15) is 38.7 Å². The highest BCUT2D eigenvalue weighted by molar-refractivity contribution is 7.59. The van der Waals surface area contributed by atoms with Gasteiger partial charge in [0.05, 0.1) is 11.5 Å². The Morgan fingerprint density at radius 3 is 1.96 bits per heavy atom. The molecule has 2 heterocycles. The van der Waals surface area contributed by atoms with Crippen molar-refractivity contribution in [3.05, 3.63) is 172 Å². The second kappa shape index (κ2) is 46.9. The maximum atomic E-state index is 14.4. The van der Waals surface area contributed by atoms with Crippen LogP contribution in [-0.2, 0) is 82.2 Å². The summed E-state index contributed by atoms with van der Waals surface area (Å²) in [5.41, 5.74) is 22.8. The van der Waals surface area contributed by atoms with E-state index in [0.29, 0.717) is 50.8 Å². The van der Waals surface area contributed by atoms with Crippen LogP contribution in [0.3, 0.4) is 0 Å². The highest BCUT2D eigenvalue weighted by Gasteiger charge is 2.44. The fourth-order valence-electron chi connectivity index (χ4n) is 13.2. The summed E-state index contributed by atoms with van der Waals surface area (Å²) in [6, 6.07) is 31.9. The van der Waals surface area contributed by atoms with Gasteiger partial charge in [0.2, 0.25) is 17.5 Å².